The zero-order valence-electron chi connectivity index (χ0n) is 12.0. The van der Waals surface area contributed by atoms with Crippen molar-refractivity contribution in [3.63, 3.8) is 0 Å². The number of alkyl halides is 3. The highest BCUT2D eigenvalue weighted by Crippen LogP contribution is 2.32. The summed E-state index contributed by atoms with van der Waals surface area (Å²) in [5.41, 5.74) is 6.05. The molecule has 1 rings (SSSR count). The second kappa shape index (κ2) is 8.70. The summed E-state index contributed by atoms with van der Waals surface area (Å²) < 4.78 is 50.2. The van der Waals surface area contributed by atoms with Crippen LogP contribution < -0.4 is 15.2 Å². The van der Waals surface area contributed by atoms with Crippen LogP contribution in [0.5, 0.6) is 11.5 Å². The topological polar surface area (TPSA) is 70.8 Å². The van der Waals surface area contributed by atoms with Crippen LogP contribution in [0.1, 0.15) is 24.9 Å². The number of hydrogen-bond acceptors (Lipinski definition) is 5. The number of ether oxygens (including phenoxy) is 3. The monoisotopic (exact) mass is 343 g/mol. The summed E-state index contributed by atoms with van der Waals surface area (Å²) in [6.07, 6.45) is -4.99. The Morgan fingerprint density at radius 3 is 2.50 bits per heavy atom. The lowest BCUT2D eigenvalue weighted by atomic mass is 10.0. The molecule has 0 saturated heterocycles. The average molecular weight is 344 g/mol. The number of hydrogen-bond donors (Lipinski definition) is 1. The molecule has 9 heteroatoms. The molecule has 0 aromatic heterocycles. The molecule has 22 heavy (non-hydrogen) atoms. The lowest BCUT2D eigenvalue weighted by Crippen LogP contribution is -2.20. The Kier molecular flexibility index (Phi) is 8.04. The van der Waals surface area contributed by atoms with Gasteiger partial charge in [-0.1, -0.05) is 0 Å². The van der Waals surface area contributed by atoms with E-state index in [4.69, 9.17) is 15.2 Å². The van der Waals surface area contributed by atoms with E-state index < -0.39 is 24.1 Å². The van der Waals surface area contributed by atoms with E-state index in [0.717, 1.165) is 12.1 Å². The van der Waals surface area contributed by atoms with Gasteiger partial charge in [0.05, 0.1) is 20.1 Å². The molecule has 0 unspecified atom stereocenters. The molecule has 0 aliphatic rings. The van der Waals surface area contributed by atoms with Crippen LogP contribution in [0.4, 0.5) is 13.2 Å². The van der Waals surface area contributed by atoms with E-state index in [9.17, 15) is 18.0 Å². The average Bonchev–Trinajstić information content (AvgIpc) is 2.36. The molecule has 0 aliphatic heterocycles. The summed E-state index contributed by atoms with van der Waals surface area (Å²) in [5.74, 6) is -0.715. The summed E-state index contributed by atoms with van der Waals surface area (Å²) in [6.45, 7) is 1.84. The van der Waals surface area contributed by atoms with Gasteiger partial charge in [-0.3, -0.25) is 4.79 Å². The van der Waals surface area contributed by atoms with Crippen LogP contribution in [-0.2, 0) is 9.53 Å². The molecule has 0 heterocycles. The molecule has 0 fully saturated rings. The number of benzene rings is 1. The second-order valence-corrected chi connectivity index (χ2v) is 4.07. The van der Waals surface area contributed by atoms with Crippen molar-refractivity contribution < 1.29 is 32.2 Å². The maximum absolute atomic E-state index is 12.2. The van der Waals surface area contributed by atoms with Crippen molar-refractivity contribution in [2.45, 2.75) is 25.7 Å². The molecule has 0 aliphatic carbocycles. The van der Waals surface area contributed by atoms with Crippen molar-refractivity contribution in [1.82, 2.24) is 0 Å². The van der Waals surface area contributed by atoms with E-state index in [2.05, 4.69) is 4.74 Å². The zero-order valence-corrected chi connectivity index (χ0v) is 12.8. The predicted octanol–water partition coefficient (Wildman–Crippen LogP) is 2.97. The third-order valence-corrected chi connectivity index (χ3v) is 2.53. The van der Waals surface area contributed by atoms with Crippen LogP contribution in [0, 0.1) is 0 Å². The third-order valence-electron chi connectivity index (χ3n) is 2.53. The van der Waals surface area contributed by atoms with Gasteiger partial charge < -0.3 is 19.9 Å². The van der Waals surface area contributed by atoms with Gasteiger partial charge in [-0.25, -0.2) is 0 Å². The van der Waals surface area contributed by atoms with Crippen molar-refractivity contribution >= 4 is 18.4 Å². The van der Waals surface area contributed by atoms with Gasteiger partial charge in [0.1, 0.15) is 11.5 Å². The van der Waals surface area contributed by atoms with Gasteiger partial charge in [0.25, 0.3) is 0 Å². The van der Waals surface area contributed by atoms with Crippen LogP contribution in [0.3, 0.4) is 0 Å². The SMILES string of the molecule is CCOC(=O)C[C@H](N)c1cc(OC(F)(F)F)ccc1OC.Cl. The molecule has 0 radical (unpaired) electrons. The molecule has 0 spiro atoms. The van der Waals surface area contributed by atoms with Gasteiger partial charge in [0.2, 0.25) is 0 Å². The van der Waals surface area contributed by atoms with Crippen LogP contribution in [0.2, 0.25) is 0 Å². The fraction of sp³-hybridized carbons (Fsp3) is 0.462. The number of halogens is 4. The number of methoxy groups -OCH3 is 1. The predicted molar refractivity (Wildman–Crippen MR) is 75.1 cm³/mol. The first kappa shape index (κ1) is 20.3. The smallest absolute Gasteiger partial charge is 0.496 e. The summed E-state index contributed by atoms with van der Waals surface area (Å²) in [4.78, 5) is 11.4. The molecule has 0 amide bonds. The van der Waals surface area contributed by atoms with Crippen molar-refractivity contribution in [2.75, 3.05) is 13.7 Å². The van der Waals surface area contributed by atoms with E-state index in [1.807, 2.05) is 0 Å². The maximum Gasteiger partial charge on any atom is 0.573 e. The van der Waals surface area contributed by atoms with Crippen molar-refractivity contribution in [2.24, 2.45) is 5.73 Å². The fourth-order valence-electron chi connectivity index (χ4n) is 1.71. The minimum absolute atomic E-state index is 0. The largest absolute Gasteiger partial charge is 0.573 e. The Labute approximate surface area is 131 Å². The van der Waals surface area contributed by atoms with Crippen LogP contribution in [0.15, 0.2) is 18.2 Å². The van der Waals surface area contributed by atoms with E-state index in [-0.39, 0.29) is 36.7 Å². The summed E-state index contributed by atoms with van der Waals surface area (Å²) >= 11 is 0. The Morgan fingerprint density at radius 2 is 2.00 bits per heavy atom. The number of carbonyl (C=O) groups is 1. The fourth-order valence-corrected chi connectivity index (χ4v) is 1.71. The number of carbonyl (C=O) groups excluding carboxylic acids is 1. The Balaban J connectivity index is 0.00000441. The molecule has 0 bridgehead atoms. The molecule has 0 saturated carbocycles. The molecule has 1 atom stereocenters. The van der Waals surface area contributed by atoms with Gasteiger partial charge >= 0.3 is 12.3 Å². The number of rotatable bonds is 6. The minimum atomic E-state index is -4.81. The van der Waals surface area contributed by atoms with Crippen molar-refractivity contribution in [3.05, 3.63) is 23.8 Å². The highest BCUT2D eigenvalue weighted by atomic mass is 35.5. The lowest BCUT2D eigenvalue weighted by molar-refractivity contribution is -0.274. The van der Waals surface area contributed by atoms with Crippen LogP contribution in [0.25, 0.3) is 0 Å². The second-order valence-electron chi connectivity index (χ2n) is 4.07. The minimum Gasteiger partial charge on any atom is -0.496 e. The van der Waals surface area contributed by atoms with Crippen LogP contribution in [-0.4, -0.2) is 26.0 Å². The molecule has 126 valence electrons. The summed E-state index contributed by atoms with van der Waals surface area (Å²) in [7, 11) is 1.35. The molecule has 1 aromatic carbocycles. The molecule has 2 N–H and O–H groups in total. The molecular formula is C13H17ClF3NO4. The van der Waals surface area contributed by atoms with Gasteiger partial charge in [0, 0.05) is 11.6 Å². The standard InChI is InChI=1S/C13H16F3NO4.ClH/c1-3-20-12(18)7-10(17)9-6-8(21-13(14,15)16)4-5-11(9)19-2;/h4-6,10H,3,7,17H2,1-2H3;1H/t10-;/m0./s1. The number of nitrogens with two attached hydrogens (primary N) is 1. The zero-order chi connectivity index (χ0) is 16.0. The molecule has 1 aromatic rings. The quantitative estimate of drug-likeness (QED) is 0.804. The Bertz CT molecular complexity index is 497. The highest BCUT2D eigenvalue weighted by molar-refractivity contribution is 5.85. The number of esters is 1. The first-order valence-electron chi connectivity index (χ1n) is 6.11. The third kappa shape index (κ3) is 6.40. The van der Waals surface area contributed by atoms with Crippen LogP contribution >= 0.6 is 12.4 Å². The van der Waals surface area contributed by atoms with Crippen molar-refractivity contribution in [3.8, 4) is 11.5 Å². The van der Waals surface area contributed by atoms with Gasteiger partial charge in [-0.05, 0) is 25.1 Å². The first-order chi connectivity index (χ1) is 9.76. The van der Waals surface area contributed by atoms with Crippen molar-refractivity contribution in [1.29, 1.82) is 0 Å². The van der Waals surface area contributed by atoms with Gasteiger partial charge in [-0.2, -0.15) is 0 Å². The lowest BCUT2D eigenvalue weighted by Gasteiger charge is -2.17. The Hall–Kier alpha value is -1.67. The highest BCUT2D eigenvalue weighted by Gasteiger charge is 2.31. The van der Waals surface area contributed by atoms with Gasteiger partial charge in [-0.15, -0.1) is 25.6 Å². The maximum atomic E-state index is 12.2. The first-order valence-corrected chi connectivity index (χ1v) is 6.11. The van der Waals surface area contributed by atoms with E-state index in [1.165, 1.54) is 13.2 Å². The Morgan fingerprint density at radius 1 is 1.36 bits per heavy atom. The normalized spacial score (nSPS) is 12.1. The van der Waals surface area contributed by atoms with E-state index in [1.54, 1.807) is 6.92 Å². The molecular weight excluding hydrogens is 327 g/mol. The van der Waals surface area contributed by atoms with Gasteiger partial charge in [0.15, 0.2) is 0 Å². The van der Waals surface area contributed by atoms with E-state index in [0.29, 0.717) is 0 Å². The summed E-state index contributed by atoms with van der Waals surface area (Å²) in [6, 6.07) is 2.63. The van der Waals surface area contributed by atoms with E-state index >= 15 is 0 Å². The summed E-state index contributed by atoms with van der Waals surface area (Å²) in [5, 5.41) is 0. The molecule has 5 nitrogen and oxygen atoms in total.